The van der Waals surface area contributed by atoms with Crippen molar-refractivity contribution in [2.75, 3.05) is 81.2 Å². The molecule has 0 bridgehead atoms. The molecule has 0 aliphatic carbocycles. The van der Waals surface area contributed by atoms with Crippen LogP contribution in [0.25, 0.3) is 16.9 Å². The summed E-state index contributed by atoms with van der Waals surface area (Å²) in [6.07, 6.45) is 1.91. The van der Waals surface area contributed by atoms with Gasteiger partial charge >= 0.3 is 6.03 Å². The van der Waals surface area contributed by atoms with Gasteiger partial charge in [-0.15, -0.1) is 5.10 Å². The van der Waals surface area contributed by atoms with Crippen molar-refractivity contribution >= 4 is 34.6 Å². The van der Waals surface area contributed by atoms with Gasteiger partial charge in [-0.2, -0.15) is 0 Å². The van der Waals surface area contributed by atoms with Crippen molar-refractivity contribution < 1.29 is 19.1 Å². The lowest BCUT2D eigenvalue weighted by molar-refractivity contribution is 0.0383. The molecular formula is C30H34N8O4. The molecule has 2 aromatic carbocycles. The second-order valence-corrected chi connectivity index (χ2v) is 10.1. The summed E-state index contributed by atoms with van der Waals surface area (Å²) in [5.41, 5.74) is 3.54. The number of rotatable bonds is 8. The summed E-state index contributed by atoms with van der Waals surface area (Å²) in [4.78, 5) is 34.5. The maximum absolute atomic E-state index is 12.6. The van der Waals surface area contributed by atoms with Crippen LogP contribution in [0.4, 0.5) is 22.0 Å². The monoisotopic (exact) mass is 570 g/mol. The Balaban J connectivity index is 1.03. The molecule has 2 aliphatic rings. The van der Waals surface area contributed by atoms with Crippen LogP contribution in [-0.2, 0) is 9.47 Å². The van der Waals surface area contributed by atoms with E-state index in [1.165, 1.54) is 0 Å². The lowest BCUT2D eigenvalue weighted by Crippen LogP contribution is -2.41. The summed E-state index contributed by atoms with van der Waals surface area (Å²) >= 11 is 0. The number of nitrogens with zero attached hydrogens (tertiary/aromatic N) is 5. The Kier molecular flexibility index (Phi) is 8.54. The number of urea groups is 1. The quantitative estimate of drug-likeness (QED) is 0.295. The van der Waals surface area contributed by atoms with Crippen LogP contribution in [-0.4, -0.2) is 97.1 Å². The first-order chi connectivity index (χ1) is 20.6. The highest BCUT2D eigenvalue weighted by Gasteiger charge is 2.18. The van der Waals surface area contributed by atoms with E-state index in [0.717, 1.165) is 62.8 Å². The van der Waals surface area contributed by atoms with E-state index >= 15 is 0 Å². The van der Waals surface area contributed by atoms with Crippen LogP contribution in [0.15, 0.2) is 66.9 Å². The second kappa shape index (κ2) is 13.0. The average molecular weight is 571 g/mol. The Morgan fingerprint density at radius 1 is 0.810 bits per heavy atom. The molecule has 0 spiro atoms. The van der Waals surface area contributed by atoms with Gasteiger partial charge in [0, 0.05) is 68.0 Å². The molecule has 3 amide bonds. The summed E-state index contributed by atoms with van der Waals surface area (Å²) < 4.78 is 12.7. The van der Waals surface area contributed by atoms with Crippen molar-refractivity contribution in [3.8, 4) is 11.4 Å². The first kappa shape index (κ1) is 27.6. The number of hydrogen-bond donors (Lipinski definition) is 3. The molecule has 218 valence electrons. The van der Waals surface area contributed by atoms with E-state index in [-0.39, 0.29) is 11.9 Å². The number of carbonyl (C=O) groups is 2. The maximum Gasteiger partial charge on any atom is 0.323 e. The molecule has 6 rings (SSSR count). The van der Waals surface area contributed by atoms with Crippen molar-refractivity contribution in [2.24, 2.45) is 0 Å². The first-order valence-electron chi connectivity index (χ1n) is 14.2. The van der Waals surface area contributed by atoms with Crippen LogP contribution in [0, 0.1) is 0 Å². The zero-order valence-corrected chi connectivity index (χ0v) is 23.3. The number of amides is 3. The molecule has 0 atom stereocenters. The van der Waals surface area contributed by atoms with E-state index in [1.54, 1.807) is 24.3 Å². The fourth-order valence-corrected chi connectivity index (χ4v) is 5.00. The van der Waals surface area contributed by atoms with Gasteiger partial charge in [-0.1, -0.05) is 0 Å². The summed E-state index contributed by atoms with van der Waals surface area (Å²) in [7, 11) is 0. The molecule has 0 saturated carbocycles. The third kappa shape index (κ3) is 6.68. The van der Waals surface area contributed by atoms with Crippen molar-refractivity contribution in [1.82, 2.24) is 24.8 Å². The summed E-state index contributed by atoms with van der Waals surface area (Å²) in [5.74, 6) is 1.34. The number of benzene rings is 2. The number of fused-ring (bicyclic) bond motifs is 1. The second-order valence-electron chi connectivity index (χ2n) is 10.1. The Hall–Kier alpha value is -4.52. The largest absolute Gasteiger partial charge is 0.379 e. The average Bonchev–Trinajstić information content (AvgIpc) is 3.51. The highest BCUT2D eigenvalue weighted by molar-refractivity contribution is 6.00. The predicted molar refractivity (Wildman–Crippen MR) is 160 cm³/mol. The number of morpholine rings is 2. The van der Waals surface area contributed by atoms with Gasteiger partial charge in [-0.25, -0.2) is 14.3 Å². The van der Waals surface area contributed by atoms with Gasteiger partial charge in [0.25, 0.3) is 5.91 Å². The van der Waals surface area contributed by atoms with E-state index in [0.29, 0.717) is 42.5 Å². The normalized spacial score (nSPS) is 15.9. The Morgan fingerprint density at radius 3 is 2.14 bits per heavy atom. The van der Waals surface area contributed by atoms with Gasteiger partial charge in [0.2, 0.25) is 0 Å². The standard InChI is InChI=1S/C30H34N8O4/c39-29(31-11-13-36-14-18-41-19-15-36)23-5-9-25(10-6-23)33-30(40)32-24-7-3-22(4-8-24)27-34-28(37-16-20-42-21-17-37)26-2-1-12-38(26)35-27/h1-10,12H,11,13-21H2,(H,31,39)(H2,32,33,40). The fourth-order valence-electron chi connectivity index (χ4n) is 5.00. The minimum absolute atomic E-state index is 0.142. The van der Waals surface area contributed by atoms with E-state index in [1.807, 2.05) is 47.1 Å². The molecule has 4 heterocycles. The highest BCUT2D eigenvalue weighted by Crippen LogP contribution is 2.25. The molecule has 0 radical (unpaired) electrons. The van der Waals surface area contributed by atoms with Crippen molar-refractivity contribution in [2.45, 2.75) is 0 Å². The summed E-state index contributed by atoms with van der Waals surface area (Å²) in [5, 5.41) is 13.3. The number of nitrogens with one attached hydrogen (secondary N) is 3. The smallest absolute Gasteiger partial charge is 0.323 e. The van der Waals surface area contributed by atoms with Crippen LogP contribution in [0.3, 0.4) is 0 Å². The van der Waals surface area contributed by atoms with Crippen molar-refractivity contribution in [3.63, 3.8) is 0 Å². The van der Waals surface area contributed by atoms with Crippen LogP contribution < -0.4 is 20.9 Å². The Bertz CT molecular complexity index is 1510. The van der Waals surface area contributed by atoms with E-state index < -0.39 is 0 Å². The zero-order valence-electron chi connectivity index (χ0n) is 23.3. The maximum atomic E-state index is 12.6. The van der Waals surface area contributed by atoms with Gasteiger partial charge in [0.15, 0.2) is 11.6 Å². The van der Waals surface area contributed by atoms with Gasteiger partial charge in [-0.3, -0.25) is 9.69 Å². The molecule has 4 aromatic rings. The van der Waals surface area contributed by atoms with Gasteiger partial charge in [0.05, 0.1) is 26.4 Å². The number of ether oxygens (including phenoxy) is 2. The molecule has 12 heteroatoms. The van der Waals surface area contributed by atoms with Crippen LogP contribution in [0.5, 0.6) is 0 Å². The van der Waals surface area contributed by atoms with Crippen LogP contribution in [0.1, 0.15) is 10.4 Å². The van der Waals surface area contributed by atoms with Gasteiger partial charge < -0.3 is 30.3 Å². The molecule has 42 heavy (non-hydrogen) atoms. The molecule has 2 fully saturated rings. The van der Waals surface area contributed by atoms with Gasteiger partial charge in [-0.05, 0) is 60.7 Å². The summed E-state index contributed by atoms with van der Waals surface area (Å²) in [6.45, 7) is 7.50. The first-order valence-corrected chi connectivity index (χ1v) is 14.2. The van der Waals surface area contributed by atoms with Crippen molar-refractivity contribution in [1.29, 1.82) is 0 Å². The number of anilines is 3. The third-order valence-electron chi connectivity index (χ3n) is 7.31. The lowest BCUT2D eigenvalue weighted by atomic mass is 10.2. The molecule has 2 saturated heterocycles. The fraction of sp³-hybridized carbons (Fsp3) is 0.333. The Labute approximate surface area is 243 Å². The lowest BCUT2D eigenvalue weighted by Gasteiger charge is -2.28. The Morgan fingerprint density at radius 2 is 1.45 bits per heavy atom. The highest BCUT2D eigenvalue weighted by atomic mass is 16.5. The minimum atomic E-state index is -0.384. The zero-order chi connectivity index (χ0) is 28.7. The van der Waals surface area contributed by atoms with E-state index in [4.69, 9.17) is 14.5 Å². The van der Waals surface area contributed by atoms with Gasteiger partial charge in [0.1, 0.15) is 5.52 Å². The van der Waals surface area contributed by atoms with Crippen LogP contribution in [0.2, 0.25) is 0 Å². The predicted octanol–water partition coefficient (Wildman–Crippen LogP) is 2.94. The van der Waals surface area contributed by atoms with Crippen molar-refractivity contribution in [3.05, 3.63) is 72.4 Å². The number of carbonyl (C=O) groups excluding carboxylic acids is 2. The molecule has 12 nitrogen and oxygen atoms in total. The molecule has 2 aliphatic heterocycles. The van der Waals surface area contributed by atoms with E-state index in [2.05, 4.69) is 30.8 Å². The number of hydrogen-bond acceptors (Lipinski definition) is 8. The summed E-state index contributed by atoms with van der Waals surface area (Å²) in [6, 6.07) is 17.8. The number of aromatic nitrogens is 3. The van der Waals surface area contributed by atoms with Crippen LogP contribution >= 0.6 is 0 Å². The third-order valence-corrected chi connectivity index (χ3v) is 7.31. The molecular weight excluding hydrogens is 536 g/mol. The SMILES string of the molecule is O=C(Nc1ccc(C(=O)NCCN2CCOCC2)cc1)Nc1ccc(-c2nc(N3CCOCC3)c3cccn3n2)cc1. The molecule has 0 unspecified atom stereocenters. The topological polar surface area (TPSA) is 125 Å². The minimum Gasteiger partial charge on any atom is -0.379 e. The molecule has 3 N–H and O–H groups in total. The molecule has 2 aromatic heterocycles. The van der Waals surface area contributed by atoms with E-state index in [9.17, 15) is 9.59 Å².